The molecule has 0 unspecified atom stereocenters. The van der Waals surface area contributed by atoms with Crippen LogP contribution in [-0.2, 0) is 26.5 Å². The Balaban J connectivity index is 0.0000158. The Labute approximate surface area is 683 Å². The number of hydrogen-bond donors (Lipinski definition) is 0. The van der Waals surface area contributed by atoms with Crippen molar-refractivity contribution in [1.82, 2.24) is 14.1 Å². The maximum Gasteiger partial charge on any atom is 0.268 e. The van der Waals surface area contributed by atoms with Crippen LogP contribution in [0.5, 0.6) is 11.5 Å². The van der Waals surface area contributed by atoms with Gasteiger partial charge in [-0.1, -0.05) is 335 Å². The summed E-state index contributed by atoms with van der Waals surface area (Å²) in [6.45, 7) is 2.04. The number of rotatable bonds is 16. The van der Waals surface area contributed by atoms with Crippen molar-refractivity contribution >= 4 is 90.5 Å². The first-order valence-corrected chi connectivity index (χ1v) is 35.2. The Morgan fingerprint density at radius 2 is 0.942 bits per heavy atom. The molecule has 3 heterocycles. The van der Waals surface area contributed by atoms with Gasteiger partial charge in [0.2, 0.25) is 0 Å². The SMILES string of the molecule is [2H]c1c([2H])c([2H])c(-c2cnc(-n3c4[c-]c(Oc5[c-]c(-n6[c-][n+](-c7c(-c8c([2H])c([2H])c([2H])c([Si](c9c([2H])c([2H])c([2H])c([2H])c9[2H])(c9c([2H])c([2H])c([2H])c([2H])c9[2H])c9c([2H])c([2H])c([2H])c([2H])c9[2H])c8[2H])cccc7C(C)(C)C)c7ccc(-c8c([2H])c([2H])c([2H])c([Si](c9c([2H])c([2H])c([2H])c([2H])c9[2H])(c9c([2H])c([2H])c([2H])c([2H])c9[2H])c9c([2H])c([2H])c([2H])c([2H])c9[2H])c8[2H])cc76)ccc5)ccc4c4ccccc43)cc2C([2H])([2H])[2H])c([2H])c1[2H].[Pt]. The molecule has 0 bridgehead atoms. The summed E-state index contributed by atoms with van der Waals surface area (Å²) < 4.78 is 446. The number of fused-ring (bicyclic) bond motifs is 4. The summed E-state index contributed by atoms with van der Waals surface area (Å²) in [4.78, 5) is 4.68. The molecule has 0 aliphatic heterocycles. The average Bonchev–Trinajstić information content (AvgIpc) is 1.00. The molecule has 0 aliphatic rings. The molecule has 0 N–H and O–H groups in total. The predicted molar refractivity (Wildman–Crippen MR) is 427 cm³/mol. The van der Waals surface area contributed by atoms with Crippen LogP contribution in [0.25, 0.3) is 83.4 Å². The second kappa shape index (κ2) is 27.7. The monoisotopic (exact) mass is 1580 g/mol. The van der Waals surface area contributed by atoms with E-state index in [0.717, 1.165) is 6.20 Å². The van der Waals surface area contributed by atoms with Gasteiger partial charge in [0.1, 0.15) is 5.82 Å². The molecule has 0 atom stereocenters. The molecule has 17 aromatic rings. The molecule has 5 nitrogen and oxygen atoms in total. The van der Waals surface area contributed by atoms with Crippen LogP contribution in [-0.4, -0.2) is 30.3 Å². The number of para-hydroxylation sites is 2. The molecule has 0 spiro atoms. The Kier molecular flexibility index (Phi) is 8.67. The fourth-order valence-electron chi connectivity index (χ4n) is 12.7. The van der Waals surface area contributed by atoms with Gasteiger partial charge in [-0.05, 0) is 122 Å². The van der Waals surface area contributed by atoms with Gasteiger partial charge in [-0.15, -0.1) is 29.7 Å². The van der Waals surface area contributed by atoms with Crippen molar-refractivity contribution < 1.29 is 93.4 Å². The van der Waals surface area contributed by atoms with Crippen molar-refractivity contribution in [3.05, 3.63) is 393 Å². The van der Waals surface area contributed by atoms with Crippen molar-refractivity contribution in [1.29, 1.82) is 0 Å². The van der Waals surface area contributed by atoms with E-state index in [-0.39, 0.29) is 83.0 Å². The molecule has 103 heavy (non-hydrogen) atoms. The van der Waals surface area contributed by atoms with E-state index in [0.29, 0.717) is 16.3 Å². The van der Waals surface area contributed by atoms with Gasteiger partial charge in [0.05, 0.1) is 75.7 Å². The largest absolute Gasteiger partial charge is 0.510 e. The van der Waals surface area contributed by atoms with Gasteiger partial charge < -0.3 is 13.9 Å². The van der Waals surface area contributed by atoms with Gasteiger partial charge in [-0.3, -0.25) is 4.57 Å². The number of hydrogen-bond acceptors (Lipinski definition) is 2. The molecular weight excluding hydrogens is 1460 g/mol. The third-order valence-electron chi connectivity index (χ3n) is 17.2. The summed E-state index contributed by atoms with van der Waals surface area (Å²) >= 11 is 0. The molecule has 8 heteroatoms. The summed E-state index contributed by atoms with van der Waals surface area (Å²) in [6, 6.07) is -20.4. The van der Waals surface area contributed by atoms with Gasteiger partial charge in [0, 0.05) is 54.0 Å². The van der Waals surface area contributed by atoms with Crippen LogP contribution in [0.15, 0.2) is 363 Å². The number of nitrogens with zero attached hydrogens (tertiary/aromatic N) is 4. The average molecular weight is 1580 g/mol. The van der Waals surface area contributed by atoms with Crippen molar-refractivity contribution in [3.8, 4) is 62.1 Å². The van der Waals surface area contributed by atoms with Crippen LogP contribution >= 0.6 is 0 Å². The molecular formula is C95H72N4OPtSi2-2. The molecule has 0 aliphatic carbocycles. The second-order valence-electron chi connectivity index (χ2n) is 24.0. The van der Waals surface area contributed by atoms with Crippen molar-refractivity contribution in [2.24, 2.45) is 0 Å². The minimum Gasteiger partial charge on any atom is -0.510 e. The first-order chi connectivity index (χ1) is 69.2. The molecule has 3 aromatic heterocycles. The number of imidazole rings is 1. The molecule has 14 aromatic carbocycles. The quantitative estimate of drug-likeness (QED) is 0.0418. The van der Waals surface area contributed by atoms with E-state index in [2.05, 4.69) is 23.4 Å². The van der Waals surface area contributed by atoms with Crippen LogP contribution < -0.4 is 50.8 Å². The smallest absolute Gasteiger partial charge is 0.268 e. The standard InChI is InChI=1S/C95H72N4OSi2.Pt/c1-68-60-93(96-66-87(68)69-32-12-5-13-33-69)99-89-55-27-26-52-85(89)86-58-57-75(65-91(86)99)100-74-37-30-36-73(64-74)97-67-98(90-59-56-71(63-92(90)97)70-34-28-50-82(61-70)101(76-38-14-6-15-39-76,77-40-16-7-17-41-77)78-42-18-8-19-43-78)94-84(53-31-54-88(94)95(2,3)4)72-35-29-51-83(62-72)102(79-44-20-9-21-45-79,80-46-22-10-23-47-80)81-48-24-11-25-49-81;/h5-63,66H,1-4H3;/q-2;/i1D3,5D,6D,7D,8D,9D,10D,11D,12D,13D,14D,15D,16D,17D,18D,19D,20D,21D,22D,23D,24D,25D,28D,29D,32D,33D,34D,35D,38D,39D,40D,41D,42D,43D,44D,45D,46D,47D,48D,49D,50D,51D,61D,62D;. The molecule has 498 valence electrons. The van der Waals surface area contributed by atoms with Crippen molar-refractivity contribution in [2.75, 3.05) is 0 Å². The van der Waals surface area contributed by atoms with Crippen molar-refractivity contribution in [3.63, 3.8) is 0 Å². The third kappa shape index (κ3) is 11.8. The Hall–Kier alpha value is -11.6. The third-order valence-corrected chi connectivity index (χ3v) is 25.2. The minimum atomic E-state index is -6.57. The van der Waals surface area contributed by atoms with E-state index in [1.54, 1.807) is 57.2 Å². The van der Waals surface area contributed by atoms with Gasteiger partial charge in [-0.2, -0.15) is 18.2 Å². The Morgan fingerprint density at radius 1 is 0.437 bits per heavy atom. The number of aryl methyl sites for hydroxylation is 1. The molecule has 0 saturated heterocycles. The van der Waals surface area contributed by atoms with Crippen molar-refractivity contribution in [2.45, 2.75) is 33.0 Å². The summed E-state index contributed by atoms with van der Waals surface area (Å²) in [5.41, 5.74) is -4.73. The molecule has 0 amide bonds. The van der Waals surface area contributed by atoms with Crippen LogP contribution in [0.3, 0.4) is 0 Å². The second-order valence-corrected chi connectivity index (χ2v) is 31.0. The molecule has 0 fully saturated rings. The summed E-state index contributed by atoms with van der Waals surface area (Å²) in [7, 11) is -13.1. The fourth-order valence-corrected chi connectivity index (χ4v) is 19.9. The maximum absolute atomic E-state index is 11.1. The van der Waals surface area contributed by atoms with Crippen LogP contribution in [0.2, 0.25) is 0 Å². The maximum atomic E-state index is 11.1. The number of ether oxygens (including phenoxy) is 1. The van der Waals surface area contributed by atoms with Gasteiger partial charge in [0.25, 0.3) is 6.33 Å². The first kappa shape index (κ1) is 32.2. The van der Waals surface area contributed by atoms with E-state index in [1.165, 1.54) is 74.4 Å². The van der Waals surface area contributed by atoms with E-state index in [1.807, 2.05) is 0 Å². The zero-order chi connectivity index (χ0) is 109. The van der Waals surface area contributed by atoms with Crippen LogP contribution in [0.1, 0.15) is 95.0 Å². The summed E-state index contributed by atoms with van der Waals surface area (Å²) in [5.74, 6) is -0.346. The fraction of sp³-hybridized carbons (Fsp3) is 0.0526. The van der Waals surface area contributed by atoms with Crippen LogP contribution in [0.4, 0.5) is 0 Å². The Bertz CT molecular complexity index is 8260. The minimum absolute atomic E-state index is 0. The van der Waals surface area contributed by atoms with Gasteiger partial charge >= 0.3 is 0 Å². The summed E-state index contributed by atoms with van der Waals surface area (Å²) in [5, 5.41) is -8.17. The number of aromatic nitrogens is 4. The van der Waals surface area contributed by atoms with Crippen LogP contribution in [0, 0.1) is 25.3 Å². The molecule has 0 saturated carbocycles. The summed E-state index contributed by atoms with van der Waals surface area (Å²) in [6.07, 6.45) is 4.40. The normalized spacial score (nSPS) is 18.2. The topological polar surface area (TPSA) is 35.9 Å². The van der Waals surface area contributed by atoms with Gasteiger partial charge in [-0.25, -0.2) is 4.98 Å². The predicted octanol–water partition coefficient (Wildman–Crippen LogP) is 17.0. The van der Waals surface area contributed by atoms with E-state index < -0.39 is 358 Å². The molecule has 0 radical (unpaired) electrons. The number of pyridine rings is 1. The zero-order valence-electron chi connectivity index (χ0n) is 99.8. The number of benzene rings is 14. The van der Waals surface area contributed by atoms with E-state index >= 15 is 0 Å². The zero-order valence-corrected chi connectivity index (χ0v) is 58.1. The molecule has 17 rings (SSSR count). The van der Waals surface area contributed by atoms with Gasteiger partial charge in [0.15, 0.2) is 16.1 Å². The first-order valence-electron chi connectivity index (χ1n) is 54.2. The van der Waals surface area contributed by atoms with E-state index in [9.17, 15) is 43.9 Å². The van der Waals surface area contributed by atoms with E-state index in [4.69, 9.17) is 23.9 Å². The Morgan fingerprint density at radius 3 is 1.50 bits per heavy atom.